The number of hydrogen-bond donors (Lipinski definition) is 2. The molecule has 0 heterocycles. The number of hydrogen-bond acceptors (Lipinski definition) is 3. The predicted molar refractivity (Wildman–Crippen MR) is 70.9 cm³/mol. The summed E-state index contributed by atoms with van der Waals surface area (Å²) in [6.45, 7) is 1.87. The Morgan fingerprint density at radius 2 is 2.18 bits per heavy atom. The van der Waals surface area contributed by atoms with Gasteiger partial charge in [0.25, 0.3) is 0 Å². The van der Waals surface area contributed by atoms with Crippen LogP contribution in [0.2, 0.25) is 10.0 Å². The van der Waals surface area contributed by atoms with E-state index in [4.69, 9.17) is 27.9 Å². The minimum Gasteiger partial charge on any atom is -0.391 e. The van der Waals surface area contributed by atoms with Crippen LogP contribution in [0.4, 0.5) is 0 Å². The van der Waals surface area contributed by atoms with Crippen molar-refractivity contribution >= 4 is 23.2 Å². The van der Waals surface area contributed by atoms with Gasteiger partial charge in [-0.2, -0.15) is 0 Å². The van der Waals surface area contributed by atoms with Crippen LogP contribution in [0.15, 0.2) is 18.2 Å². The molecule has 0 saturated heterocycles. The molecular weight excluding hydrogens is 261 g/mol. The van der Waals surface area contributed by atoms with E-state index in [1.807, 2.05) is 6.07 Å². The largest absolute Gasteiger partial charge is 0.391 e. The van der Waals surface area contributed by atoms with Crippen LogP contribution < -0.4 is 5.32 Å². The quantitative estimate of drug-likeness (QED) is 0.751. The minimum atomic E-state index is -0.467. The fourth-order valence-electron chi connectivity index (χ4n) is 1.46. The summed E-state index contributed by atoms with van der Waals surface area (Å²) in [5.41, 5.74) is 0.900. The molecule has 0 spiro atoms. The number of methoxy groups -OCH3 is 1. The van der Waals surface area contributed by atoms with Gasteiger partial charge in [0, 0.05) is 36.7 Å². The molecular formula is C12H17Cl2NO2. The highest BCUT2D eigenvalue weighted by Crippen LogP contribution is 2.21. The lowest BCUT2D eigenvalue weighted by Gasteiger charge is -2.12. The number of aliphatic hydroxyl groups excluding tert-OH is 1. The lowest BCUT2D eigenvalue weighted by molar-refractivity contribution is 0.160. The van der Waals surface area contributed by atoms with E-state index in [0.717, 1.165) is 12.1 Å². The Morgan fingerprint density at radius 1 is 1.41 bits per heavy atom. The fraction of sp³-hybridized carbons (Fsp3) is 0.500. The average molecular weight is 278 g/mol. The van der Waals surface area contributed by atoms with Crippen LogP contribution in [-0.4, -0.2) is 38.0 Å². The molecule has 3 nitrogen and oxygen atoms in total. The van der Waals surface area contributed by atoms with Gasteiger partial charge in [-0.3, -0.25) is 0 Å². The maximum atomic E-state index is 9.80. The van der Waals surface area contributed by atoms with Gasteiger partial charge in [0.1, 0.15) is 0 Å². The first-order valence-corrected chi connectivity index (χ1v) is 6.20. The zero-order valence-corrected chi connectivity index (χ0v) is 11.3. The topological polar surface area (TPSA) is 41.5 Å². The van der Waals surface area contributed by atoms with Crippen LogP contribution in [-0.2, 0) is 11.2 Å². The maximum Gasteiger partial charge on any atom is 0.0705 e. The van der Waals surface area contributed by atoms with E-state index in [0.29, 0.717) is 29.6 Å². The predicted octanol–water partition coefficient (Wildman–Crippen LogP) is 2.13. The first-order valence-electron chi connectivity index (χ1n) is 5.45. The van der Waals surface area contributed by atoms with Crippen molar-refractivity contribution in [2.45, 2.75) is 12.5 Å². The van der Waals surface area contributed by atoms with E-state index < -0.39 is 6.10 Å². The molecule has 1 unspecified atom stereocenters. The molecule has 1 atom stereocenters. The Kier molecular flexibility index (Phi) is 6.85. The Balaban J connectivity index is 2.37. The second-order valence-corrected chi connectivity index (χ2v) is 4.63. The van der Waals surface area contributed by atoms with E-state index in [9.17, 15) is 5.11 Å². The number of aliphatic hydroxyl groups is 1. The molecule has 0 saturated carbocycles. The molecule has 0 fully saturated rings. The molecule has 1 aromatic rings. The monoisotopic (exact) mass is 277 g/mol. The zero-order chi connectivity index (χ0) is 12.7. The standard InChI is InChI=1S/C12H17Cl2NO2/c1-17-5-4-15-8-11(16)6-9-2-3-10(13)7-12(9)14/h2-3,7,11,15-16H,4-6,8H2,1H3. The molecule has 17 heavy (non-hydrogen) atoms. The highest BCUT2D eigenvalue weighted by Gasteiger charge is 2.08. The van der Waals surface area contributed by atoms with Crippen molar-refractivity contribution in [2.24, 2.45) is 0 Å². The van der Waals surface area contributed by atoms with Crippen LogP contribution in [0.3, 0.4) is 0 Å². The second kappa shape index (κ2) is 7.90. The van der Waals surface area contributed by atoms with Gasteiger partial charge in [-0.1, -0.05) is 29.3 Å². The van der Waals surface area contributed by atoms with Gasteiger partial charge in [-0.15, -0.1) is 0 Å². The SMILES string of the molecule is COCCNCC(O)Cc1ccc(Cl)cc1Cl. The van der Waals surface area contributed by atoms with Crippen molar-refractivity contribution in [1.82, 2.24) is 5.32 Å². The molecule has 1 aromatic carbocycles. The summed E-state index contributed by atoms with van der Waals surface area (Å²) in [6, 6.07) is 5.29. The van der Waals surface area contributed by atoms with Gasteiger partial charge in [-0.05, 0) is 17.7 Å². The van der Waals surface area contributed by atoms with E-state index >= 15 is 0 Å². The van der Waals surface area contributed by atoms with Gasteiger partial charge in [0.05, 0.1) is 12.7 Å². The van der Waals surface area contributed by atoms with Crippen molar-refractivity contribution in [3.63, 3.8) is 0 Å². The maximum absolute atomic E-state index is 9.80. The highest BCUT2D eigenvalue weighted by molar-refractivity contribution is 6.35. The Labute approximate surface area is 112 Å². The first-order chi connectivity index (χ1) is 8.13. The third-order valence-electron chi connectivity index (χ3n) is 2.33. The van der Waals surface area contributed by atoms with Gasteiger partial charge < -0.3 is 15.2 Å². The third-order valence-corrected chi connectivity index (χ3v) is 2.92. The number of rotatable bonds is 7. The number of nitrogens with one attached hydrogen (secondary N) is 1. The summed E-state index contributed by atoms with van der Waals surface area (Å²) < 4.78 is 4.89. The lowest BCUT2D eigenvalue weighted by Crippen LogP contribution is -2.30. The van der Waals surface area contributed by atoms with Crippen LogP contribution in [0.1, 0.15) is 5.56 Å². The molecule has 0 amide bonds. The zero-order valence-electron chi connectivity index (χ0n) is 9.75. The Hall–Kier alpha value is -0.320. The van der Waals surface area contributed by atoms with Crippen LogP contribution in [0.25, 0.3) is 0 Å². The normalized spacial score (nSPS) is 12.7. The van der Waals surface area contributed by atoms with Gasteiger partial charge in [-0.25, -0.2) is 0 Å². The Morgan fingerprint density at radius 3 is 2.82 bits per heavy atom. The molecule has 0 bridgehead atoms. The molecule has 5 heteroatoms. The molecule has 0 aliphatic heterocycles. The van der Waals surface area contributed by atoms with Crippen LogP contribution >= 0.6 is 23.2 Å². The van der Waals surface area contributed by atoms with Gasteiger partial charge in [0.15, 0.2) is 0 Å². The molecule has 0 aromatic heterocycles. The average Bonchev–Trinajstić information content (AvgIpc) is 2.28. The summed E-state index contributed by atoms with van der Waals surface area (Å²) in [6.07, 6.45) is 0.0428. The van der Waals surface area contributed by atoms with Crippen molar-refractivity contribution < 1.29 is 9.84 Å². The smallest absolute Gasteiger partial charge is 0.0705 e. The first kappa shape index (κ1) is 14.7. The minimum absolute atomic E-state index is 0.467. The van der Waals surface area contributed by atoms with E-state index in [2.05, 4.69) is 5.32 Å². The molecule has 96 valence electrons. The van der Waals surface area contributed by atoms with Gasteiger partial charge in [0.2, 0.25) is 0 Å². The van der Waals surface area contributed by atoms with Crippen molar-refractivity contribution in [1.29, 1.82) is 0 Å². The molecule has 2 N–H and O–H groups in total. The molecule has 0 radical (unpaired) electrons. The van der Waals surface area contributed by atoms with Crippen molar-refractivity contribution in [2.75, 3.05) is 26.8 Å². The third kappa shape index (κ3) is 5.70. The van der Waals surface area contributed by atoms with Crippen molar-refractivity contribution in [3.05, 3.63) is 33.8 Å². The van der Waals surface area contributed by atoms with Crippen LogP contribution in [0, 0.1) is 0 Å². The van der Waals surface area contributed by atoms with Gasteiger partial charge >= 0.3 is 0 Å². The molecule has 0 aliphatic carbocycles. The van der Waals surface area contributed by atoms with E-state index in [-0.39, 0.29) is 0 Å². The summed E-state index contributed by atoms with van der Waals surface area (Å²) in [5, 5.41) is 14.1. The number of benzene rings is 1. The van der Waals surface area contributed by atoms with Crippen LogP contribution in [0.5, 0.6) is 0 Å². The molecule has 1 rings (SSSR count). The fourth-order valence-corrected chi connectivity index (χ4v) is 1.94. The summed E-state index contributed by atoms with van der Waals surface area (Å²) in [7, 11) is 1.64. The summed E-state index contributed by atoms with van der Waals surface area (Å²) >= 11 is 11.8. The number of halogens is 2. The second-order valence-electron chi connectivity index (χ2n) is 3.79. The van der Waals surface area contributed by atoms with E-state index in [1.165, 1.54) is 0 Å². The summed E-state index contributed by atoms with van der Waals surface area (Å²) in [4.78, 5) is 0. The highest BCUT2D eigenvalue weighted by atomic mass is 35.5. The molecule has 0 aliphatic rings. The lowest BCUT2D eigenvalue weighted by atomic mass is 10.1. The number of ether oxygens (including phenoxy) is 1. The van der Waals surface area contributed by atoms with E-state index in [1.54, 1.807) is 19.2 Å². The Bertz CT molecular complexity index is 347. The summed E-state index contributed by atoms with van der Waals surface area (Å²) in [5.74, 6) is 0. The van der Waals surface area contributed by atoms with Crippen molar-refractivity contribution in [3.8, 4) is 0 Å².